The largest absolute Gasteiger partial charge is 0.493 e. The number of aromatic nitrogens is 1. The van der Waals surface area contributed by atoms with E-state index < -0.39 is 15.6 Å². The minimum absolute atomic E-state index is 0.151. The zero-order valence-electron chi connectivity index (χ0n) is 18.0. The second-order valence-corrected chi connectivity index (χ2v) is 11.4. The maximum atomic E-state index is 13.0. The van der Waals surface area contributed by atoms with Gasteiger partial charge in [0.1, 0.15) is 5.75 Å². The first-order valence-corrected chi connectivity index (χ1v) is 11.7. The Hall–Kier alpha value is -1.92. The number of hydrogen-bond donors (Lipinski definition) is 1. The van der Waals surface area contributed by atoms with Gasteiger partial charge in [0.2, 0.25) is 10.0 Å². The monoisotopic (exact) mass is 416 g/mol. The zero-order valence-corrected chi connectivity index (χ0v) is 18.8. The van der Waals surface area contributed by atoms with E-state index in [9.17, 15) is 8.42 Å². The predicted octanol–water partition coefficient (Wildman–Crippen LogP) is 4.67. The van der Waals surface area contributed by atoms with E-state index in [1.54, 1.807) is 30.5 Å². The van der Waals surface area contributed by atoms with E-state index in [0.29, 0.717) is 18.3 Å². The Morgan fingerprint density at radius 3 is 2.41 bits per heavy atom. The van der Waals surface area contributed by atoms with Gasteiger partial charge in [-0.05, 0) is 68.2 Å². The summed E-state index contributed by atoms with van der Waals surface area (Å²) in [5.74, 6) is 1.20. The lowest BCUT2D eigenvalue weighted by Crippen LogP contribution is -2.41. The van der Waals surface area contributed by atoms with E-state index in [0.717, 1.165) is 17.7 Å². The van der Waals surface area contributed by atoms with Gasteiger partial charge in [-0.3, -0.25) is 4.98 Å². The number of pyridine rings is 1. The van der Waals surface area contributed by atoms with Gasteiger partial charge in [0.05, 0.1) is 17.0 Å². The first-order chi connectivity index (χ1) is 13.4. The molecule has 1 fully saturated rings. The Kier molecular flexibility index (Phi) is 6.06. The lowest BCUT2D eigenvalue weighted by atomic mass is 9.89. The average Bonchev–Trinajstić information content (AvgIpc) is 3.43. The molecular formula is C23H32N2O3S. The van der Waals surface area contributed by atoms with Crippen molar-refractivity contribution in [3.8, 4) is 5.75 Å². The molecule has 0 saturated heterocycles. The molecule has 0 atom stereocenters. The minimum atomic E-state index is -3.71. The molecule has 29 heavy (non-hydrogen) atoms. The van der Waals surface area contributed by atoms with Crippen LogP contribution in [0.15, 0.2) is 47.5 Å². The van der Waals surface area contributed by atoms with Gasteiger partial charge >= 0.3 is 0 Å². The molecule has 1 aromatic heterocycles. The normalized spacial score (nSPS) is 15.3. The number of hydrogen-bond acceptors (Lipinski definition) is 4. The number of sulfonamides is 1. The Bertz CT molecular complexity index is 941. The van der Waals surface area contributed by atoms with Crippen LogP contribution in [0.2, 0.25) is 0 Å². The summed E-state index contributed by atoms with van der Waals surface area (Å²) in [6.45, 7) is 10.8. The molecule has 1 aromatic carbocycles. The Morgan fingerprint density at radius 1 is 1.10 bits per heavy atom. The van der Waals surface area contributed by atoms with Crippen LogP contribution in [0.3, 0.4) is 0 Å². The van der Waals surface area contributed by atoms with Gasteiger partial charge in [0.15, 0.2) is 0 Å². The highest BCUT2D eigenvalue weighted by Gasteiger charge is 2.29. The molecule has 0 radical (unpaired) electrons. The summed E-state index contributed by atoms with van der Waals surface area (Å²) in [5, 5.41) is 0. The third-order valence-electron chi connectivity index (χ3n) is 4.95. The fraction of sp³-hybridized carbons (Fsp3) is 0.522. The van der Waals surface area contributed by atoms with Gasteiger partial charge in [-0.15, -0.1) is 0 Å². The molecule has 0 spiro atoms. The number of nitrogens with zero attached hydrogens (tertiary/aromatic N) is 1. The van der Waals surface area contributed by atoms with Crippen LogP contribution in [-0.2, 0) is 22.0 Å². The van der Waals surface area contributed by atoms with E-state index in [2.05, 4.69) is 30.5 Å². The molecule has 0 bridgehead atoms. The number of nitrogens with one attached hydrogen (secondary N) is 1. The van der Waals surface area contributed by atoms with Gasteiger partial charge in [0, 0.05) is 18.0 Å². The number of rotatable bonds is 8. The topological polar surface area (TPSA) is 68.3 Å². The molecule has 1 aliphatic rings. The standard InChI is InChI=1S/C23H32N2O3S/c1-22(2,3)14-19-12-11-18(15-24-19)23(4,5)25-29(26,27)21-8-6-7-20(13-21)28-16-17-9-10-17/h6-8,11-13,15,17,25H,9-10,14,16H2,1-5H3. The van der Waals surface area contributed by atoms with Crippen molar-refractivity contribution < 1.29 is 13.2 Å². The van der Waals surface area contributed by atoms with E-state index >= 15 is 0 Å². The SMILES string of the molecule is CC(C)(C)Cc1ccc(C(C)(C)NS(=O)(=O)c2cccc(OCC3CC3)c2)cn1. The van der Waals surface area contributed by atoms with E-state index in [1.165, 1.54) is 12.8 Å². The van der Waals surface area contributed by atoms with Gasteiger partial charge in [-0.1, -0.05) is 32.9 Å². The Labute approximate surface area is 175 Å². The lowest BCUT2D eigenvalue weighted by molar-refractivity contribution is 0.299. The highest BCUT2D eigenvalue weighted by Crippen LogP contribution is 2.30. The van der Waals surface area contributed by atoms with Crippen molar-refractivity contribution in [1.29, 1.82) is 0 Å². The summed E-state index contributed by atoms with van der Waals surface area (Å²) >= 11 is 0. The maximum Gasteiger partial charge on any atom is 0.241 e. The van der Waals surface area contributed by atoms with Crippen LogP contribution in [0.4, 0.5) is 0 Å². The van der Waals surface area contributed by atoms with E-state index in [4.69, 9.17) is 4.74 Å². The Balaban J connectivity index is 1.73. The number of benzene rings is 1. The van der Waals surface area contributed by atoms with Crippen LogP contribution in [0.25, 0.3) is 0 Å². The second kappa shape index (κ2) is 8.07. The van der Waals surface area contributed by atoms with Crippen molar-refractivity contribution in [3.63, 3.8) is 0 Å². The minimum Gasteiger partial charge on any atom is -0.493 e. The summed E-state index contributed by atoms with van der Waals surface area (Å²) in [7, 11) is -3.71. The van der Waals surface area contributed by atoms with Crippen molar-refractivity contribution in [2.45, 2.75) is 64.3 Å². The van der Waals surface area contributed by atoms with Crippen molar-refractivity contribution in [2.75, 3.05) is 6.61 Å². The smallest absolute Gasteiger partial charge is 0.241 e. The van der Waals surface area contributed by atoms with Crippen LogP contribution in [0.5, 0.6) is 5.75 Å². The quantitative estimate of drug-likeness (QED) is 0.679. The molecule has 1 heterocycles. The Morgan fingerprint density at radius 2 is 1.83 bits per heavy atom. The molecule has 0 amide bonds. The van der Waals surface area contributed by atoms with Crippen LogP contribution >= 0.6 is 0 Å². The molecule has 3 rings (SSSR count). The fourth-order valence-corrected chi connectivity index (χ4v) is 4.56. The van der Waals surface area contributed by atoms with Crippen LogP contribution in [-0.4, -0.2) is 20.0 Å². The van der Waals surface area contributed by atoms with E-state index in [-0.39, 0.29) is 10.3 Å². The predicted molar refractivity (Wildman–Crippen MR) is 115 cm³/mol. The summed E-state index contributed by atoms with van der Waals surface area (Å²) in [5.41, 5.74) is 1.18. The zero-order chi connectivity index (χ0) is 21.3. The van der Waals surface area contributed by atoms with Crippen LogP contribution in [0, 0.1) is 11.3 Å². The summed E-state index contributed by atoms with van der Waals surface area (Å²) in [4.78, 5) is 4.74. The molecule has 158 valence electrons. The fourth-order valence-electron chi connectivity index (χ4n) is 3.13. The lowest BCUT2D eigenvalue weighted by Gasteiger charge is -2.27. The molecule has 1 aliphatic carbocycles. The van der Waals surface area contributed by atoms with Crippen molar-refractivity contribution in [2.24, 2.45) is 11.3 Å². The average molecular weight is 417 g/mol. The van der Waals surface area contributed by atoms with Crippen molar-refractivity contribution in [3.05, 3.63) is 53.9 Å². The first-order valence-electron chi connectivity index (χ1n) is 10.2. The third kappa shape index (κ3) is 6.28. The second-order valence-electron chi connectivity index (χ2n) is 9.74. The molecule has 1 saturated carbocycles. The van der Waals surface area contributed by atoms with E-state index in [1.807, 2.05) is 26.0 Å². The maximum absolute atomic E-state index is 13.0. The van der Waals surface area contributed by atoms with Gasteiger partial charge in [-0.25, -0.2) is 13.1 Å². The summed E-state index contributed by atoms with van der Waals surface area (Å²) in [6, 6.07) is 10.6. The highest BCUT2D eigenvalue weighted by molar-refractivity contribution is 7.89. The molecule has 0 unspecified atom stereocenters. The third-order valence-corrected chi connectivity index (χ3v) is 6.60. The van der Waals surface area contributed by atoms with Crippen molar-refractivity contribution in [1.82, 2.24) is 9.71 Å². The van der Waals surface area contributed by atoms with Crippen molar-refractivity contribution >= 4 is 10.0 Å². The molecule has 0 aliphatic heterocycles. The van der Waals surface area contributed by atoms with Gasteiger partial charge in [-0.2, -0.15) is 0 Å². The highest BCUT2D eigenvalue weighted by atomic mass is 32.2. The molecule has 1 N–H and O–H groups in total. The molecular weight excluding hydrogens is 384 g/mol. The molecule has 5 nitrogen and oxygen atoms in total. The van der Waals surface area contributed by atoms with Crippen LogP contribution in [0.1, 0.15) is 58.7 Å². The summed E-state index contributed by atoms with van der Waals surface area (Å²) in [6.07, 6.45) is 5.01. The summed E-state index contributed by atoms with van der Waals surface area (Å²) < 4.78 is 34.5. The first kappa shape index (κ1) is 21.8. The molecule has 6 heteroatoms. The molecule has 2 aromatic rings. The van der Waals surface area contributed by atoms with Gasteiger partial charge in [0.25, 0.3) is 0 Å². The van der Waals surface area contributed by atoms with Crippen LogP contribution < -0.4 is 9.46 Å². The van der Waals surface area contributed by atoms with Gasteiger partial charge < -0.3 is 4.74 Å². The number of ether oxygens (including phenoxy) is 1.